The molecule has 2 aromatic rings. The van der Waals surface area contributed by atoms with Crippen LogP contribution in [0.5, 0.6) is 11.5 Å². The van der Waals surface area contributed by atoms with Gasteiger partial charge in [0.05, 0.1) is 18.9 Å². The number of furan rings is 1. The van der Waals surface area contributed by atoms with E-state index < -0.39 is 12.1 Å². The highest BCUT2D eigenvalue weighted by atomic mass is 16.6. The molecule has 0 saturated carbocycles. The number of fused-ring (bicyclic) bond motifs is 1. The molecule has 6 nitrogen and oxygen atoms in total. The fourth-order valence-electron chi connectivity index (χ4n) is 2.40. The molecular weight excluding hydrogens is 312 g/mol. The summed E-state index contributed by atoms with van der Waals surface area (Å²) in [5.74, 6) is 0.884. The van der Waals surface area contributed by atoms with Gasteiger partial charge in [0.15, 0.2) is 11.9 Å². The topological polar surface area (TPSA) is 75.0 Å². The lowest BCUT2D eigenvalue weighted by Crippen LogP contribution is -2.25. The fraction of sp³-hybridized carbons (Fsp3) is 0.222. The van der Waals surface area contributed by atoms with E-state index >= 15 is 0 Å². The van der Waals surface area contributed by atoms with Gasteiger partial charge in [0, 0.05) is 11.6 Å². The number of carbonyl (C=O) groups excluding carboxylic acids is 2. The summed E-state index contributed by atoms with van der Waals surface area (Å²) < 4.78 is 21.1. The number of hydrogen-bond acceptors (Lipinski definition) is 6. The molecule has 1 aliphatic heterocycles. The molecule has 0 bridgehead atoms. The first-order valence-electron chi connectivity index (χ1n) is 7.37. The van der Waals surface area contributed by atoms with Gasteiger partial charge in [-0.3, -0.25) is 4.79 Å². The van der Waals surface area contributed by atoms with E-state index in [1.807, 2.05) is 0 Å². The summed E-state index contributed by atoms with van der Waals surface area (Å²) in [7, 11) is 1.30. The highest BCUT2D eigenvalue weighted by molar-refractivity contribution is 6.14. The van der Waals surface area contributed by atoms with Crippen molar-refractivity contribution < 1.29 is 28.2 Å². The highest BCUT2D eigenvalue weighted by Gasteiger charge is 2.31. The van der Waals surface area contributed by atoms with Gasteiger partial charge in [0.25, 0.3) is 0 Å². The molecular formula is C18H16O6. The van der Waals surface area contributed by atoms with Crippen LogP contribution in [0.15, 0.2) is 40.7 Å². The van der Waals surface area contributed by atoms with Gasteiger partial charge in [-0.15, -0.1) is 0 Å². The normalized spacial score (nSPS) is 15.8. The molecule has 0 radical (unpaired) electrons. The van der Waals surface area contributed by atoms with Crippen LogP contribution in [0.4, 0.5) is 0 Å². The molecule has 6 heteroatoms. The van der Waals surface area contributed by atoms with E-state index in [4.69, 9.17) is 13.9 Å². The minimum atomic E-state index is -0.762. The van der Waals surface area contributed by atoms with Crippen LogP contribution in [-0.4, -0.2) is 25.0 Å². The monoisotopic (exact) mass is 328 g/mol. The molecule has 0 amide bonds. The van der Waals surface area contributed by atoms with Crippen molar-refractivity contribution in [1.82, 2.24) is 0 Å². The van der Waals surface area contributed by atoms with E-state index in [0.717, 1.165) is 0 Å². The van der Waals surface area contributed by atoms with Gasteiger partial charge in [-0.25, -0.2) is 4.79 Å². The molecule has 124 valence electrons. The third-order valence-corrected chi connectivity index (χ3v) is 3.69. The third-order valence-electron chi connectivity index (χ3n) is 3.69. The molecule has 3 rings (SSSR count). The Hall–Kier alpha value is -3.02. The zero-order valence-corrected chi connectivity index (χ0v) is 13.5. The number of methoxy groups -OCH3 is 1. The van der Waals surface area contributed by atoms with Crippen molar-refractivity contribution in [2.24, 2.45) is 0 Å². The number of ketones is 1. The van der Waals surface area contributed by atoms with Crippen LogP contribution in [0.1, 0.15) is 28.6 Å². The van der Waals surface area contributed by atoms with E-state index in [1.54, 1.807) is 44.2 Å². The van der Waals surface area contributed by atoms with Crippen molar-refractivity contribution in [2.45, 2.75) is 20.0 Å². The highest BCUT2D eigenvalue weighted by Crippen LogP contribution is 2.39. The molecule has 2 heterocycles. The predicted octanol–water partition coefficient (Wildman–Crippen LogP) is 3.14. The van der Waals surface area contributed by atoms with Gasteiger partial charge in [0.2, 0.25) is 5.78 Å². The number of carbonyl (C=O) groups is 2. The zero-order valence-electron chi connectivity index (χ0n) is 13.5. The Labute approximate surface area is 138 Å². The van der Waals surface area contributed by atoms with E-state index in [0.29, 0.717) is 28.4 Å². The molecule has 0 N–H and O–H groups in total. The van der Waals surface area contributed by atoms with E-state index in [-0.39, 0.29) is 11.5 Å². The van der Waals surface area contributed by atoms with Crippen LogP contribution in [0.2, 0.25) is 0 Å². The Kier molecular flexibility index (Phi) is 4.12. The first-order chi connectivity index (χ1) is 11.5. The summed E-state index contributed by atoms with van der Waals surface area (Å²) in [6, 6.07) is 6.72. The van der Waals surface area contributed by atoms with Crippen LogP contribution < -0.4 is 9.47 Å². The molecule has 1 atom stereocenters. The van der Waals surface area contributed by atoms with Gasteiger partial charge in [-0.1, -0.05) is 0 Å². The van der Waals surface area contributed by atoms with Crippen molar-refractivity contribution in [3.05, 3.63) is 53.2 Å². The number of rotatable bonds is 4. The summed E-state index contributed by atoms with van der Waals surface area (Å²) in [6.07, 6.45) is 2.30. The Morgan fingerprint density at radius 1 is 1.29 bits per heavy atom. The third kappa shape index (κ3) is 2.78. The second kappa shape index (κ2) is 6.23. The zero-order chi connectivity index (χ0) is 17.3. The Balaban J connectivity index is 1.89. The second-order valence-corrected chi connectivity index (χ2v) is 5.30. The standard InChI is InChI=1S/C18H16O6/c1-10-14(23-11(2)18(20)21-3)7-6-13-16(19)15(24-17(10)13)9-12-5-4-8-22-12/h4-9,11H,1-3H3/b15-9+/t11-/m0/s1. The van der Waals surface area contributed by atoms with Gasteiger partial charge in [-0.2, -0.15) is 0 Å². The Morgan fingerprint density at radius 2 is 2.08 bits per heavy atom. The lowest BCUT2D eigenvalue weighted by molar-refractivity contribution is -0.147. The number of hydrogen-bond donors (Lipinski definition) is 0. The second-order valence-electron chi connectivity index (χ2n) is 5.30. The molecule has 0 aliphatic carbocycles. The quantitative estimate of drug-likeness (QED) is 0.634. The first kappa shape index (κ1) is 15.9. The molecule has 1 aromatic heterocycles. The largest absolute Gasteiger partial charge is 0.479 e. The van der Waals surface area contributed by atoms with Crippen LogP contribution >= 0.6 is 0 Å². The summed E-state index contributed by atoms with van der Waals surface area (Å²) in [5, 5.41) is 0. The van der Waals surface area contributed by atoms with Crippen LogP contribution in [0.25, 0.3) is 6.08 Å². The lowest BCUT2D eigenvalue weighted by Gasteiger charge is -2.15. The molecule has 0 spiro atoms. The molecule has 24 heavy (non-hydrogen) atoms. The fourth-order valence-corrected chi connectivity index (χ4v) is 2.40. The SMILES string of the molecule is COC(=O)[C@H](C)Oc1ccc2c(c1C)O/C(=C/c1ccco1)C2=O. The summed E-state index contributed by atoms with van der Waals surface area (Å²) in [6.45, 7) is 3.36. The van der Waals surface area contributed by atoms with Gasteiger partial charge >= 0.3 is 5.97 Å². The predicted molar refractivity (Wildman–Crippen MR) is 84.9 cm³/mol. The summed E-state index contributed by atoms with van der Waals surface area (Å²) in [5.41, 5.74) is 1.09. The van der Waals surface area contributed by atoms with Crippen molar-refractivity contribution in [3.8, 4) is 11.5 Å². The maximum atomic E-state index is 12.4. The first-order valence-corrected chi connectivity index (χ1v) is 7.37. The summed E-state index contributed by atoms with van der Waals surface area (Å²) in [4.78, 5) is 23.9. The van der Waals surface area contributed by atoms with Crippen LogP contribution in [0, 0.1) is 6.92 Å². The minimum Gasteiger partial charge on any atom is -0.479 e. The number of benzene rings is 1. The minimum absolute atomic E-state index is 0.182. The molecule has 0 unspecified atom stereocenters. The number of esters is 1. The van der Waals surface area contributed by atoms with Gasteiger partial charge < -0.3 is 18.6 Å². The lowest BCUT2D eigenvalue weighted by atomic mass is 10.1. The van der Waals surface area contributed by atoms with Crippen molar-refractivity contribution >= 4 is 17.8 Å². The number of ether oxygens (including phenoxy) is 3. The van der Waals surface area contributed by atoms with Crippen molar-refractivity contribution in [2.75, 3.05) is 7.11 Å². The average Bonchev–Trinajstić information content (AvgIpc) is 3.19. The van der Waals surface area contributed by atoms with E-state index in [1.165, 1.54) is 13.4 Å². The van der Waals surface area contributed by atoms with Crippen molar-refractivity contribution in [3.63, 3.8) is 0 Å². The molecule has 0 saturated heterocycles. The Bertz CT molecular complexity index is 816. The Morgan fingerprint density at radius 3 is 2.75 bits per heavy atom. The smallest absolute Gasteiger partial charge is 0.346 e. The van der Waals surface area contributed by atoms with E-state index in [2.05, 4.69) is 4.74 Å². The summed E-state index contributed by atoms with van der Waals surface area (Å²) >= 11 is 0. The van der Waals surface area contributed by atoms with E-state index in [9.17, 15) is 9.59 Å². The van der Waals surface area contributed by atoms with Crippen LogP contribution in [0.3, 0.4) is 0 Å². The maximum absolute atomic E-state index is 12.4. The van der Waals surface area contributed by atoms with Gasteiger partial charge in [-0.05, 0) is 38.1 Å². The van der Waals surface area contributed by atoms with Gasteiger partial charge in [0.1, 0.15) is 17.3 Å². The molecule has 1 aliphatic rings. The maximum Gasteiger partial charge on any atom is 0.346 e. The van der Waals surface area contributed by atoms with Crippen molar-refractivity contribution in [1.29, 1.82) is 0 Å². The average molecular weight is 328 g/mol. The molecule has 1 aromatic carbocycles. The number of allylic oxidation sites excluding steroid dienone is 1. The number of Topliss-reactive ketones (excluding diaryl/α,β-unsaturated/α-hetero) is 1. The molecule has 0 fully saturated rings. The van der Waals surface area contributed by atoms with Crippen LogP contribution in [-0.2, 0) is 9.53 Å².